The van der Waals surface area contributed by atoms with Gasteiger partial charge in [-0.1, -0.05) is 11.4 Å². The summed E-state index contributed by atoms with van der Waals surface area (Å²) in [5.41, 5.74) is 3.14. The van der Waals surface area contributed by atoms with Crippen LogP contribution >= 0.6 is 0 Å². The molecule has 0 spiro atoms. The molecule has 0 N–H and O–H groups in total. The standard InChI is InChI=1S/C4H2F3NOSi2.4Y/c5-4(6,7)3(9)8-10-1-2-11-8;;;;/h1-2H;;;;. The van der Waals surface area contributed by atoms with Crippen LogP contribution in [0, 0.1) is 0 Å². The number of carbonyl (C=O) groups excluding carboxylic acids is 1. The number of hydrogen-bond donors (Lipinski definition) is 0. The van der Waals surface area contributed by atoms with E-state index in [9.17, 15) is 18.0 Å². The van der Waals surface area contributed by atoms with Crippen molar-refractivity contribution in [2.45, 2.75) is 6.18 Å². The molecule has 0 saturated carbocycles. The third kappa shape index (κ3) is 10.3. The summed E-state index contributed by atoms with van der Waals surface area (Å²) in [5.74, 6) is -1.74. The van der Waals surface area contributed by atoms with Gasteiger partial charge in [0.25, 0.3) is 0 Å². The Bertz CT molecular complexity index is 207. The van der Waals surface area contributed by atoms with Crippen molar-refractivity contribution in [3.63, 3.8) is 0 Å². The number of alkyl halides is 3. The molecule has 8 radical (unpaired) electrons. The van der Waals surface area contributed by atoms with E-state index >= 15 is 0 Å². The van der Waals surface area contributed by atoms with Crippen LogP contribution in [0.15, 0.2) is 11.4 Å². The van der Waals surface area contributed by atoms with Crippen molar-refractivity contribution in [2.24, 2.45) is 0 Å². The quantitative estimate of drug-likeness (QED) is 0.393. The summed E-state index contributed by atoms with van der Waals surface area (Å²) >= 11 is 0. The Hall–Kier alpha value is 3.85. The van der Waals surface area contributed by atoms with Crippen molar-refractivity contribution in [2.75, 3.05) is 0 Å². The molecule has 0 atom stereocenters. The van der Waals surface area contributed by atoms with Crippen LogP contribution in [-0.2, 0) is 136 Å². The Morgan fingerprint density at radius 2 is 1.33 bits per heavy atom. The average Bonchev–Trinajstić information content (AvgIpc) is 2.34. The Kier molecular flexibility index (Phi) is 23.4. The fraction of sp³-hybridized carbons (Fsp3) is 0.250. The Balaban J connectivity index is -0.000000151. The number of amides is 1. The van der Waals surface area contributed by atoms with Gasteiger partial charge in [0.15, 0.2) is 0 Å². The molecule has 0 fully saturated rings. The van der Waals surface area contributed by atoms with Crippen molar-refractivity contribution in [3.05, 3.63) is 11.4 Å². The van der Waals surface area contributed by atoms with Crippen molar-refractivity contribution < 1.29 is 149 Å². The van der Waals surface area contributed by atoms with Crippen LogP contribution in [0.1, 0.15) is 0 Å². The predicted molar refractivity (Wildman–Crippen MR) is 33.5 cm³/mol. The van der Waals surface area contributed by atoms with E-state index in [1.54, 1.807) is 11.4 Å². The van der Waals surface area contributed by atoms with Crippen LogP contribution in [0.2, 0.25) is 0 Å². The minimum atomic E-state index is -4.72. The number of halogens is 3. The maximum atomic E-state index is 11.7. The molecular formula is C4H2F3NOSi2Y4. The minimum Gasteiger partial charge on any atom is -0.382 e. The molecule has 1 rings (SSSR count). The summed E-state index contributed by atoms with van der Waals surface area (Å²) in [6.45, 7) is 0. The summed E-state index contributed by atoms with van der Waals surface area (Å²) in [6, 6.07) is 0. The predicted octanol–water partition coefficient (Wildman–Crippen LogP) is 0.0905. The molecule has 0 aromatic heterocycles. The molecule has 0 aliphatic carbocycles. The third-order valence-corrected chi connectivity index (χ3v) is 3.60. The summed E-state index contributed by atoms with van der Waals surface area (Å²) in [6.07, 6.45) is -4.72. The third-order valence-electron chi connectivity index (χ3n) is 0.936. The molecule has 1 amide bonds. The van der Waals surface area contributed by atoms with Gasteiger partial charge in [0, 0.05) is 131 Å². The molecule has 0 unspecified atom stereocenters. The molecule has 0 saturated heterocycles. The minimum absolute atomic E-state index is 0. The average molecular weight is 549 g/mol. The molecule has 1 aliphatic rings. The molecule has 0 aromatic carbocycles. The summed E-state index contributed by atoms with van der Waals surface area (Å²) < 4.78 is 35.9. The first-order valence-corrected chi connectivity index (χ1v) is 4.65. The van der Waals surface area contributed by atoms with Crippen molar-refractivity contribution >= 4 is 25.3 Å². The fourth-order valence-electron chi connectivity index (χ4n) is 0.505. The van der Waals surface area contributed by atoms with Gasteiger partial charge in [-0.25, -0.2) is 0 Å². The van der Waals surface area contributed by atoms with Crippen molar-refractivity contribution in [3.8, 4) is 0 Å². The number of carbonyl (C=O) groups is 1. The van der Waals surface area contributed by atoms with E-state index in [4.69, 9.17) is 0 Å². The second-order valence-electron chi connectivity index (χ2n) is 1.73. The van der Waals surface area contributed by atoms with Crippen LogP contribution in [0.25, 0.3) is 0 Å². The van der Waals surface area contributed by atoms with Gasteiger partial charge in [-0.2, -0.15) is 13.2 Å². The van der Waals surface area contributed by atoms with E-state index in [2.05, 4.69) is 0 Å². The zero-order valence-electron chi connectivity index (χ0n) is 7.45. The molecule has 15 heavy (non-hydrogen) atoms. The van der Waals surface area contributed by atoms with Crippen LogP contribution in [0.4, 0.5) is 13.2 Å². The summed E-state index contributed by atoms with van der Waals surface area (Å²) in [4.78, 5) is 10.4. The first-order valence-electron chi connectivity index (χ1n) is 2.60. The maximum Gasteiger partial charge on any atom is 0.469 e. The van der Waals surface area contributed by atoms with Crippen LogP contribution in [-0.4, -0.2) is 35.7 Å². The molecule has 1 heterocycles. The monoisotopic (exact) mass is 549 g/mol. The van der Waals surface area contributed by atoms with Gasteiger partial charge >= 0.3 is 12.1 Å². The Morgan fingerprint density at radius 1 is 1.00 bits per heavy atom. The fourth-order valence-corrected chi connectivity index (χ4v) is 2.63. The molecule has 0 bridgehead atoms. The normalized spacial score (nSPS) is 12.9. The van der Waals surface area contributed by atoms with E-state index < -0.39 is 12.1 Å². The first kappa shape index (κ1) is 27.2. The van der Waals surface area contributed by atoms with Gasteiger partial charge in [-0.3, -0.25) is 4.79 Å². The van der Waals surface area contributed by atoms with Gasteiger partial charge in [0.1, 0.15) is 0 Å². The van der Waals surface area contributed by atoms with Gasteiger partial charge in [-0.15, -0.1) is 0 Å². The van der Waals surface area contributed by atoms with E-state index in [1.807, 2.05) is 0 Å². The maximum absolute atomic E-state index is 11.7. The van der Waals surface area contributed by atoms with E-state index in [0.717, 1.165) is 4.23 Å². The molecular weight excluding hydrogens is 547 g/mol. The molecule has 1 aliphatic heterocycles. The Labute approximate surface area is 191 Å². The molecule has 11 heteroatoms. The van der Waals surface area contributed by atoms with Crippen LogP contribution < -0.4 is 0 Å². The van der Waals surface area contributed by atoms with Crippen LogP contribution in [0.5, 0.6) is 0 Å². The van der Waals surface area contributed by atoms with Crippen molar-refractivity contribution in [1.29, 1.82) is 0 Å². The molecule has 70 valence electrons. The van der Waals surface area contributed by atoms with E-state index in [1.165, 1.54) is 0 Å². The van der Waals surface area contributed by atoms with Gasteiger partial charge in [-0.05, 0) is 0 Å². The zero-order chi connectivity index (χ0) is 8.48. The van der Waals surface area contributed by atoms with Gasteiger partial charge < -0.3 is 4.23 Å². The SMILES string of the molecule is O=C(N1[Si]C=C[Si]1)C(F)(F)F.[Y].[Y].[Y].[Y]. The molecule has 0 aromatic rings. The van der Waals surface area contributed by atoms with Gasteiger partial charge in [0.05, 0.1) is 0 Å². The zero-order valence-corrected chi connectivity index (χ0v) is 20.8. The second-order valence-corrected chi connectivity index (χ2v) is 4.25. The summed E-state index contributed by atoms with van der Waals surface area (Å²) in [7, 11) is -0.302. The van der Waals surface area contributed by atoms with E-state index in [0.29, 0.717) is 0 Å². The molecule has 2 nitrogen and oxygen atoms in total. The smallest absolute Gasteiger partial charge is 0.382 e. The number of hydrogen-bond acceptors (Lipinski definition) is 1. The number of rotatable bonds is 0. The van der Waals surface area contributed by atoms with E-state index in [-0.39, 0.29) is 150 Å². The topological polar surface area (TPSA) is 20.3 Å². The van der Waals surface area contributed by atoms with Crippen molar-refractivity contribution in [1.82, 2.24) is 4.23 Å². The Morgan fingerprint density at radius 3 is 1.60 bits per heavy atom. The first-order chi connectivity index (χ1) is 5.02. The largest absolute Gasteiger partial charge is 0.469 e. The van der Waals surface area contributed by atoms with Gasteiger partial charge in [0.2, 0.25) is 19.4 Å². The summed E-state index contributed by atoms with van der Waals surface area (Å²) in [5, 5.41) is 0. The van der Waals surface area contributed by atoms with Crippen LogP contribution in [0.3, 0.4) is 0 Å². The number of nitrogens with zero attached hydrogens (tertiary/aromatic N) is 1. The second kappa shape index (κ2) is 12.9.